The molecule has 1 saturated heterocycles. The number of aromatic hydroxyl groups is 1. The number of nitrogens with one attached hydrogen (secondary N) is 1. The van der Waals surface area contributed by atoms with Gasteiger partial charge in [-0.2, -0.15) is 0 Å². The molecule has 5 nitrogen and oxygen atoms in total. The van der Waals surface area contributed by atoms with Gasteiger partial charge >= 0.3 is 0 Å². The van der Waals surface area contributed by atoms with E-state index in [0.29, 0.717) is 12.3 Å². The number of carbonyl (C=O) groups excluding carboxylic acids is 1. The van der Waals surface area contributed by atoms with Gasteiger partial charge in [0.15, 0.2) is 0 Å². The Balaban J connectivity index is 1.35. The minimum Gasteiger partial charge on any atom is -0.506 e. The number of phenolic OH excluding ortho intramolecular Hbond substituents is 1. The van der Waals surface area contributed by atoms with Crippen LogP contribution >= 0.6 is 0 Å². The molecule has 0 spiro atoms. The zero-order valence-corrected chi connectivity index (χ0v) is 18.5. The molecule has 1 fully saturated rings. The minimum absolute atomic E-state index is 0.227. The van der Waals surface area contributed by atoms with Gasteiger partial charge in [-0.3, -0.25) is 4.79 Å². The van der Waals surface area contributed by atoms with Crippen LogP contribution in [0.5, 0.6) is 5.75 Å². The summed E-state index contributed by atoms with van der Waals surface area (Å²) < 4.78 is 2.27. The molecule has 1 aliphatic rings. The highest BCUT2D eigenvalue weighted by atomic mass is 16.3. The first-order chi connectivity index (χ1) is 15.0. The van der Waals surface area contributed by atoms with E-state index >= 15 is 0 Å². The van der Waals surface area contributed by atoms with Gasteiger partial charge in [-0.05, 0) is 44.0 Å². The van der Waals surface area contributed by atoms with E-state index in [9.17, 15) is 9.90 Å². The number of rotatable bonds is 7. The fourth-order valence-electron chi connectivity index (χ4n) is 4.61. The Kier molecular flexibility index (Phi) is 6.42. The first kappa shape index (κ1) is 21.2. The number of ketones is 1. The Morgan fingerprint density at radius 1 is 1.00 bits per heavy atom. The van der Waals surface area contributed by atoms with E-state index in [0.717, 1.165) is 61.8 Å². The maximum Gasteiger partial charge on any atom is 0.218 e. The predicted octanol–water partition coefficient (Wildman–Crippen LogP) is 2.64. The molecule has 0 unspecified atom stereocenters. The summed E-state index contributed by atoms with van der Waals surface area (Å²) in [5.41, 5.74) is 5.28. The molecular formula is C26H32N3O2+. The van der Waals surface area contributed by atoms with Crippen LogP contribution < -0.4 is 9.80 Å². The molecule has 4 rings (SSSR count). The average molecular weight is 419 g/mol. The lowest BCUT2D eigenvalue weighted by Gasteiger charge is -2.33. The van der Waals surface area contributed by atoms with Crippen LogP contribution in [0.3, 0.4) is 0 Å². The largest absolute Gasteiger partial charge is 0.506 e. The van der Waals surface area contributed by atoms with E-state index in [2.05, 4.69) is 53.6 Å². The van der Waals surface area contributed by atoms with Crippen LogP contribution in [0, 0.1) is 13.8 Å². The maximum absolute atomic E-state index is 13.1. The van der Waals surface area contributed by atoms with E-state index in [4.69, 9.17) is 0 Å². The van der Waals surface area contributed by atoms with Crippen molar-refractivity contribution in [1.82, 2.24) is 4.57 Å². The van der Waals surface area contributed by atoms with E-state index in [1.54, 1.807) is 6.07 Å². The molecule has 0 bridgehead atoms. The Hall–Kier alpha value is -3.05. The fourth-order valence-corrected chi connectivity index (χ4v) is 4.61. The number of para-hydroxylation sites is 2. The van der Waals surface area contributed by atoms with E-state index in [1.165, 1.54) is 10.5 Å². The van der Waals surface area contributed by atoms with Crippen molar-refractivity contribution in [3.8, 4) is 5.75 Å². The van der Waals surface area contributed by atoms with Gasteiger partial charge in [0.2, 0.25) is 5.78 Å². The lowest BCUT2D eigenvalue weighted by atomic mass is 10.1. The SMILES string of the molecule is Cc1cc(C(=O)C[NH+]2CCN(c3ccccc3O)CC2)c(C)n1CCc1ccccc1. The van der Waals surface area contributed by atoms with Gasteiger partial charge in [-0.15, -0.1) is 0 Å². The molecule has 0 saturated carbocycles. The number of hydrogen-bond acceptors (Lipinski definition) is 3. The number of carbonyl (C=O) groups is 1. The first-order valence-corrected chi connectivity index (χ1v) is 11.1. The average Bonchev–Trinajstić information content (AvgIpc) is 3.07. The van der Waals surface area contributed by atoms with Crippen molar-refractivity contribution in [2.75, 3.05) is 37.6 Å². The van der Waals surface area contributed by atoms with Gasteiger partial charge in [-0.25, -0.2) is 0 Å². The highest BCUT2D eigenvalue weighted by Gasteiger charge is 2.25. The zero-order valence-electron chi connectivity index (χ0n) is 18.5. The molecule has 0 amide bonds. The van der Waals surface area contributed by atoms with Crippen LogP contribution in [0.2, 0.25) is 0 Å². The number of nitrogens with zero attached hydrogens (tertiary/aromatic N) is 2. The molecular weight excluding hydrogens is 386 g/mol. The molecule has 0 radical (unpaired) electrons. The van der Waals surface area contributed by atoms with Gasteiger partial charge in [0.05, 0.1) is 31.9 Å². The third-order valence-electron chi connectivity index (χ3n) is 6.44. The van der Waals surface area contributed by atoms with Crippen LogP contribution in [0.15, 0.2) is 60.7 Å². The molecule has 31 heavy (non-hydrogen) atoms. The van der Waals surface area contributed by atoms with Gasteiger partial charge < -0.3 is 19.5 Å². The number of aromatic nitrogens is 1. The number of phenols is 1. The van der Waals surface area contributed by atoms with Crippen molar-refractivity contribution in [3.63, 3.8) is 0 Å². The monoisotopic (exact) mass is 418 g/mol. The number of benzene rings is 2. The van der Waals surface area contributed by atoms with Crippen LogP contribution in [-0.4, -0.2) is 48.2 Å². The van der Waals surface area contributed by atoms with Crippen molar-refractivity contribution in [2.45, 2.75) is 26.8 Å². The summed E-state index contributed by atoms with van der Waals surface area (Å²) in [6.45, 7) is 9.05. The van der Waals surface area contributed by atoms with Crippen LogP contribution in [0.4, 0.5) is 5.69 Å². The second kappa shape index (κ2) is 9.40. The zero-order chi connectivity index (χ0) is 21.8. The normalized spacial score (nSPS) is 14.7. The highest BCUT2D eigenvalue weighted by molar-refractivity contribution is 5.98. The predicted molar refractivity (Wildman–Crippen MR) is 124 cm³/mol. The molecule has 162 valence electrons. The summed E-state index contributed by atoms with van der Waals surface area (Å²) in [5, 5.41) is 10.1. The lowest BCUT2D eigenvalue weighted by Crippen LogP contribution is -3.15. The molecule has 2 heterocycles. The van der Waals surface area contributed by atoms with Crippen LogP contribution in [0.25, 0.3) is 0 Å². The molecule has 1 aromatic heterocycles. The van der Waals surface area contributed by atoms with Crippen molar-refractivity contribution in [3.05, 3.63) is 83.2 Å². The third-order valence-corrected chi connectivity index (χ3v) is 6.44. The van der Waals surface area contributed by atoms with Gasteiger partial charge in [0, 0.05) is 23.5 Å². The molecule has 2 aromatic carbocycles. The third kappa shape index (κ3) is 4.83. The molecule has 5 heteroatoms. The fraction of sp³-hybridized carbons (Fsp3) is 0.346. The number of Topliss-reactive ketones (excluding diaryl/α,β-unsaturated/α-hetero) is 1. The molecule has 0 aliphatic carbocycles. The van der Waals surface area contributed by atoms with Gasteiger partial charge in [-0.1, -0.05) is 42.5 Å². The Morgan fingerprint density at radius 3 is 2.39 bits per heavy atom. The first-order valence-electron chi connectivity index (χ1n) is 11.1. The second-order valence-corrected chi connectivity index (χ2v) is 8.50. The molecule has 2 N–H and O–H groups in total. The number of hydrogen-bond donors (Lipinski definition) is 2. The van der Waals surface area contributed by atoms with Gasteiger partial charge in [0.1, 0.15) is 12.3 Å². The van der Waals surface area contributed by atoms with E-state index < -0.39 is 0 Å². The summed E-state index contributed by atoms with van der Waals surface area (Å²) in [6.07, 6.45) is 0.963. The maximum atomic E-state index is 13.1. The smallest absolute Gasteiger partial charge is 0.218 e. The van der Waals surface area contributed by atoms with Crippen molar-refractivity contribution in [2.24, 2.45) is 0 Å². The summed E-state index contributed by atoms with van der Waals surface area (Å²) in [7, 11) is 0. The van der Waals surface area contributed by atoms with Crippen LogP contribution in [-0.2, 0) is 13.0 Å². The van der Waals surface area contributed by atoms with Gasteiger partial charge in [0.25, 0.3) is 0 Å². The summed E-state index contributed by atoms with van der Waals surface area (Å²) in [6, 6.07) is 20.0. The van der Waals surface area contributed by atoms with E-state index in [1.807, 2.05) is 24.3 Å². The van der Waals surface area contributed by atoms with Crippen LogP contribution in [0.1, 0.15) is 27.3 Å². The van der Waals surface area contributed by atoms with Crippen molar-refractivity contribution in [1.29, 1.82) is 0 Å². The number of piperazine rings is 1. The summed E-state index contributed by atoms with van der Waals surface area (Å²) >= 11 is 0. The number of quaternary nitrogens is 1. The Morgan fingerprint density at radius 2 is 1.68 bits per heavy atom. The molecule has 3 aromatic rings. The lowest BCUT2D eigenvalue weighted by molar-refractivity contribution is -0.892. The summed E-state index contributed by atoms with van der Waals surface area (Å²) in [5.74, 6) is 0.551. The number of aryl methyl sites for hydroxylation is 2. The van der Waals surface area contributed by atoms with Crippen molar-refractivity contribution < 1.29 is 14.8 Å². The standard InChI is InChI=1S/C26H31N3O2/c1-20-18-23(21(2)29(20)13-12-22-8-4-3-5-9-22)26(31)19-27-14-16-28(17-15-27)24-10-6-7-11-25(24)30/h3-11,18,30H,12-17,19H2,1-2H3/p+1. The molecule has 1 aliphatic heterocycles. The summed E-state index contributed by atoms with van der Waals surface area (Å²) in [4.78, 5) is 16.6. The second-order valence-electron chi connectivity index (χ2n) is 8.50. The minimum atomic E-state index is 0.227. The Labute approximate surface area is 184 Å². The highest BCUT2D eigenvalue weighted by Crippen LogP contribution is 2.26. The van der Waals surface area contributed by atoms with E-state index in [-0.39, 0.29) is 5.78 Å². The topological polar surface area (TPSA) is 49.9 Å². The number of anilines is 1. The molecule has 0 atom stereocenters. The van der Waals surface area contributed by atoms with Crippen molar-refractivity contribution >= 4 is 11.5 Å². The quantitative estimate of drug-likeness (QED) is 0.580. The Bertz CT molecular complexity index is 1030.